The second kappa shape index (κ2) is 8.60. The number of aromatic nitrogens is 4. The van der Waals surface area contributed by atoms with E-state index in [1.54, 1.807) is 54.3 Å². The number of carbonyl (C=O) groups is 1. The molecule has 0 fully saturated rings. The molecule has 0 aliphatic rings. The van der Waals surface area contributed by atoms with E-state index in [9.17, 15) is 13.2 Å². The molecule has 4 rings (SSSR count). The number of sulfonamides is 1. The lowest BCUT2D eigenvalue weighted by molar-refractivity contribution is 0.101. The summed E-state index contributed by atoms with van der Waals surface area (Å²) in [4.78, 5) is 20.2. The molecule has 0 unspecified atom stereocenters. The highest BCUT2D eigenvalue weighted by Crippen LogP contribution is 2.21. The van der Waals surface area contributed by atoms with Crippen molar-refractivity contribution in [3.05, 3.63) is 84.4 Å². The molecule has 2 N–H and O–H groups in total. The summed E-state index contributed by atoms with van der Waals surface area (Å²) in [5.41, 5.74) is 1.58. The number of nitrogens with one attached hydrogen (secondary N) is 2. The summed E-state index contributed by atoms with van der Waals surface area (Å²) in [6, 6.07) is 16.1. The summed E-state index contributed by atoms with van der Waals surface area (Å²) in [5, 5.41) is 7.36. The Morgan fingerprint density at radius 1 is 0.969 bits per heavy atom. The zero-order valence-corrected chi connectivity index (χ0v) is 18.2. The first kappa shape index (κ1) is 21.2. The van der Waals surface area contributed by atoms with Gasteiger partial charge in [0.1, 0.15) is 11.6 Å². The highest BCUT2D eigenvalue weighted by molar-refractivity contribution is 7.92. The van der Waals surface area contributed by atoms with Crippen molar-refractivity contribution in [2.45, 2.75) is 18.7 Å². The van der Waals surface area contributed by atoms with Crippen molar-refractivity contribution in [3.63, 3.8) is 0 Å². The minimum Gasteiger partial charge on any atom is -0.340 e. The first-order valence-electron chi connectivity index (χ1n) is 9.67. The summed E-state index contributed by atoms with van der Waals surface area (Å²) in [6.45, 7) is 3.22. The van der Waals surface area contributed by atoms with E-state index in [0.717, 1.165) is 5.69 Å². The van der Waals surface area contributed by atoms with Crippen molar-refractivity contribution in [3.8, 4) is 5.82 Å². The van der Waals surface area contributed by atoms with Gasteiger partial charge in [-0.3, -0.25) is 9.52 Å². The minimum absolute atomic E-state index is 0.0762. The lowest BCUT2D eigenvalue weighted by atomic mass is 10.2. The van der Waals surface area contributed by atoms with E-state index >= 15 is 0 Å². The van der Waals surface area contributed by atoms with E-state index in [2.05, 4.69) is 25.1 Å². The topological polar surface area (TPSA) is 119 Å². The molecule has 0 atom stereocenters. The molecule has 10 heteroatoms. The Bertz CT molecular complexity index is 1350. The molecule has 2 aromatic heterocycles. The van der Waals surface area contributed by atoms with Crippen LogP contribution in [-0.4, -0.2) is 33.9 Å². The average Bonchev–Trinajstić information content (AvgIpc) is 3.30. The van der Waals surface area contributed by atoms with Gasteiger partial charge in [-0.25, -0.2) is 23.1 Å². The van der Waals surface area contributed by atoms with Gasteiger partial charge in [0.25, 0.3) is 10.0 Å². The first-order chi connectivity index (χ1) is 15.3. The van der Waals surface area contributed by atoms with Gasteiger partial charge in [-0.2, -0.15) is 5.10 Å². The number of Topliss-reactive ketones (excluding diaryl/α,β-unsaturated/α-hetero) is 1. The third-order valence-corrected chi connectivity index (χ3v) is 5.94. The number of benzene rings is 2. The highest BCUT2D eigenvalue weighted by atomic mass is 32.2. The quantitative estimate of drug-likeness (QED) is 0.414. The van der Waals surface area contributed by atoms with Gasteiger partial charge in [0.05, 0.1) is 4.90 Å². The molecule has 0 radical (unpaired) electrons. The van der Waals surface area contributed by atoms with Gasteiger partial charge in [-0.05, 0) is 56.3 Å². The largest absolute Gasteiger partial charge is 0.340 e. The molecule has 32 heavy (non-hydrogen) atoms. The number of ketones is 1. The molecular weight excluding hydrogens is 428 g/mol. The van der Waals surface area contributed by atoms with Crippen molar-refractivity contribution in [2.24, 2.45) is 0 Å². The zero-order chi connectivity index (χ0) is 22.7. The van der Waals surface area contributed by atoms with Gasteiger partial charge in [0, 0.05) is 35.4 Å². The molecule has 2 heterocycles. The summed E-state index contributed by atoms with van der Waals surface area (Å²) in [7, 11) is -3.78. The maximum Gasteiger partial charge on any atom is 0.261 e. The number of nitrogens with zero attached hydrogens (tertiary/aromatic N) is 4. The third kappa shape index (κ3) is 4.81. The molecule has 0 aliphatic heterocycles. The van der Waals surface area contributed by atoms with Crippen LogP contribution in [0.1, 0.15) is 23.1 Å². The van der Waals surface area contributed by atoms with E-state index in [1.807, 2.05) is 6.07 Å². The van der Waals surface area contributed by atoms with E-state index in [-0.39, 0.29) is 10.7 Å². The molecule has 162 valence electrons. The zero-order valence-electron chi connectivity index (χ0n) is 17.4. The van der Waals surface area contributed by atoms with Gasteiger partial charge >= 0.3 is 0 Å². The Balaban J connectivity index is 1.48. The van der Waals surface area contributed by atoms with E-state index in [4.69, 9.17) is 0 Å². The lowest BCUT2D eigenvalue weighted by Crippen LogP contribution is -2.13. The standard InChI is InChI=1S/C22H20N6O3S/c1-15(29)17-4-10-20(11-5-17)32(30,31)27-19-8-6-18(7-9-19)26-21-14-22(25-16(2)24-21)28-13-3-12-23-28/h3-14,27H,1-2H3,(H,24,25,26). The summed E-state index contributed by atoms with van der Waals surface area (Å²) in [6.07, 6.45) is 3.46. The molecule has 2 aromatic carbocycles. The van der Waals surface area contributed by atoms with E-state index < -0.39 is 10.0 Å². The predicted octanol–water partition coefficient (Wildman–Crippen LogP) is 3.72. The van der Waals surface area contributed by atoms with Gasteiger partial charge in [-0.1, -0.05) is 12.1 Å². The van der Waals surface area contributed by atoms with Crippen LogP contribution in [0, 0.1) is 6.92 Å². The molecule has 0 amide bonds. The number of carbonyl (C=O) groups excluding carboxylic acids is 1. The fraction of sp³-hybridized carbons (Fsp3) is 0.0909. The van der Waals surface area contributed by atoms with Crippen LogP contribution in [0.4, 0.5) is 17.2 Å². The second-order valence-corrected chi connectivity index (χ2v) is 8.68. The number of anilines is 3. The van der Waals surface area contributed by atoms with Crippen LogP contribution in [0.25, 0.3) is 5.82 Å². The van der Waals surface area contributed by atoms with Crippen LogP contribution in [-0.2, 0) is 10.0 Å². The Morgan fingerprint density at radius 2 is 1.66 bits per heavy atom. The van der Waals surface area contributed by atoms with Crippen LogP contribution in [0.15, 0.2) is 78.0 Å². The Morgan fingerprint density at radius 3 is 2.28 bits per heavy atom. The summed E-state index contributed by atoms with van der Waals surface area (Å²) < 4.78 is 29.4. The van der Waals surface area contributed by atoms with Crippen molar-refractivity contribution >= 4 is 33.0 Å². The smallest absolute Gasteiger partial charge is 0.261 e. The van der Waals surface area contributed by atoms with Gasteiger partial charge < -0.3 is 5.32 Å². The SMILES string of the molecule is CC(=O)c1ccc(S(=O)(=O)Nc2ccc(Nc3cc(-n4cccn4)nc(C)n3)cc2)cc1. The van der Waals surface area contributed by atoms with E-state index in [1.165, 1.54) is 31.2 Å². The van der Waals surface area contributed by atoms with Crippen molar-refractivity contribution in [2.75, 3.05) is 10.0 Å². The molecule has 0 spiro atoms. The highest BCUT2D eigenvalue weighted by Gasteiger charge is 2.14. The van der Waals surface area contributed by atoms with Crippen molar-refractivity contribution < 1.29 is 13.2 Å². The Labute approximate surface area is 185 Å². The molecule has 9 nitrogen and oxygen atoms in total. The van der Waals surface area contributed by atoms with Crippen LogP contribution in [0.5, 0.6) is 0 Å². The molecule has 0 aliphatic carbocycles. The maximum absolute atomic E-state index is 12.6. The maximum atomic E-state index is 12.6. The molecule has 4 aromatic rings. The van der Waals surface area contributed by atoms with Crippen LogP contribution < -0.4 is 10.0 Å². The predicted molar refractivity (Wildman–Crippen MR) is 121 cm³/mol. The fourth-order valence-electron chi connectivity index (χ4n) is 2.99. The monoisotopic (exact) mass is 448 g/mol. The van der Waals surface area contributed by atoms with Crippen LogP contribution in [0.3, 0.4) is 0 Å². The Kier molecular flexibility index (Phi) is 5.69. The molecule has 0 bridgehead atoms. The second-order valence-electron chi connectivity index (χ2n) is 7.00. The molecule has 0 saturated heterocycles. The first-order valence-corrected chi connectivity index (χ1v) is 11.2. The van der Waals surface area contributed by atoms with Gasteiger partial charge in [0.15, 0.2) is 11.6 Å². The molecular formula is C22H20N6O3S. The fourth-order valence-corrected chi connectivity index (χ4v) is 4.05. The van der Waals surface area contributed by atoms with E-state index in [0.29, 0.717) is 28.7 Å². The minimum atomic E-state index is -3.78. The van der Waals surface area contributed by atoms with Crippen molar-refractivity contribution in [1.82, 2.24) is 19.7 Å². The van der Waals surface area contributed by atoms with Crippen molar-refractivity contribution in [1.29, 1.82) is 0 Å². The normalized spacial score (nSPS) is 11.2. The summed E-state index contributed by atoms with van der Waals surface area (Å²) >= 11 is 0. The number of hydrogen-bond acceptors (Lipinski definition) is 7. The summed E-state index contributed by atoms with van der Waals surface area (Å²) in [5.74, 6) is 1.67. The number of rotatable bonds is 7. The van der Waals surface area contributed by atoms with Gasteiger partial charge in [0.2, 0.25) is 0 Å². The average molecular weight is 449 g/mol. The third-order valence-electron chi connectivity index (χ3n) is 4.54. The lowest BCUT2D eigenvalue weighted by Gasteiger charge is -2.11. The number of aryl methyl sites for hydroxylation is 1. The van der Waals surface area contributed by atoms with Gasteiger partial charge in [-0.15, -0.1) is 0 Å². The Hall–Kier alpha value is -4.05. The van der Waals surface area contributed by atoms with Crippen LogP contribution >= 0.6 is 0 Å². The number of hydrogen-bond donors (Lipinski definition) is 2. The van der Waals surface area contributed by atoms with Crippen LogP contribution in [0.2, 0.25) is 0 Å². The molecule has 0 saturated carbocycles.